The summed E-state index contributed by atoms with van der Waals surface area (Å²) < 4.78 is 15.3. The summed E-state index contributed by atoms with van der Waals surface area (Å²) in [6.07, 6.45) is 2.17. The molecule has 0 saturated carbocycles. The Morgan fingerprint density at radius 1 is 1.28 bits per heavy atom. The molecule has 0 aliphatic carbocycles. The Kier molecular flexibility index (Phi) is 5.15. The van der Waals surface area contributed by atoms with E-state index in [1.165, 1.54) is 17.0 Å². The summed E-state index contributed by atoms with van der Waals surface area (Å²) in [5, 5.41) is 22.4. The number of hydrogen-bond donors (Lipinski definition) is 2. The number of piperidine rings is 1. The van der Waals surface area contributed by atoms with E-state index in [1.54, 1.807) is 0 Å². The van der Waals surface area contributed by atoms with Gasteiger partial charge in [-0.2, -0.15) is 0 Å². The highest BCUT2D eigenvalue weighted by Gasteiger charge is 2.37. The second-order valence-corrected chi connectivity index (χ2v) is 7.49. The zero-order chi connectivity index (χ0) is 18.0. The van der Waals surface area contributed by atoms with Gasteiger partial charge in [-0.3, -0.25) is 0 Å². The number of nitrogens with one attached hydrogen (secondary N) is 1. The van der Waals surface area contributed by atoms with Crippen LogP contribution in [0.4, 0.5) is 4.39 Å². The summed E-state index contributed by atoms with van der Waals surface area (Å²) >= 11 is 0. The zero-order valence-corrected chi connectivity index (χ0v) is 15.1. The molecule has 7 heteroatoms. The smallest absolute Gasteiger partial charge is 0.214 e. The van der Waals surface area contributed by atoms with Crippen LogP contribution >= 0.6 is 0 Å². The van der Waals surface area contributed by atoms with Gasteiger partial charge < -0.3 is 10.0 Å². The number of halogens is 1. The summed E-state index contributed by atoms with van der Waals surface area (Å²) in [5.74, 6) is 0.546. The van der Waals surface area contributed by atoms with E-state index in [0.29, 0.717) is 0 Å². The first kappa shape index (κ1) is 17.9. The lowest BCUT2D eigenvalue weighted by Crippen LogP contribution is -3.13. The predicted octanol–water partition coefficient (Wildman–Crippen LogP) is 1.09. The minimum Gasteiger partial charge on any atom is -0.393 e. The van der Waals surface area contributed by atoms with E-state index in [4.69, 9.17) is 0 Å². The van der Waals surface area contributed by atoms with Crippen molar-refractivity contribution in [2.45, 2.75) is 57.7 Å². The number of aromatic nitrogens is 4. The van der Waals surface area contributed by atoms with Gasteiger partial charge in [-0.25, -0.2) is 9.07 Å². The molecule has 0 bridgehead atoms. The molecule has 6 nitrogen and oxygen atoms in total. The second kappa shape index (κ2) is 7.17. The Hall–Kier alpha value is -1.86. The van der Waals surface area contributed by atoms with Gasteiger partial charge >= 0.3 is 0 Å². The fourth-order valence-corrected chi connectivity index (χ4v) is 3.44. The molecule has 1 aliphatic rings. The first-order chi connectivity index (χ1) is 11.9. The summed E-state index contributed by atoms with van der Waals surface area (Å²) in [4.78, 5) is 1.31. The summed E-state index contributed by atoms with van der Waals surface area (Å²) in [7, 11) is 0. The van der Waals surface area contributed by atoms with E-state index in [2.05, 4.69) is 36.3 Å². The fourth-order valence-electron chi connectivity index (χ4n) is 3.44. The minimum atomic E-state index is -0.250. The van der Waals surface area contributed by atoms with Crippen LogP contribution in [0.15, 0.2) is 24.3 Å². The molecule has 1 aromatic heterocycles. The zero-order valence-electron chi connectivity index (χ0n) is 15.1. The average Bonchev–Trinajstić information content (AvgIpc) is 3.09. The maximum Gasteiger partial charge on any atom is 0.214 e. The molecule has 2 heterocycles. The van der Waals surface area contributed by atoms with Gasteiger partial charge in [0.25, 0.3) is 0 Å². The van der Waals surface area contributed by atoms with Crippen LogP contribution in [0.1, 0.15) is 57.5 Å². The molecule has 1 fully saturated rings. The van der Waals surface area contributed by atoms with Crippen LogP contribution in [-0.4, -0.2) is 44.5 Å². The first-order valence-corrected chi connectivity index (χ1v) is 8.99. The molecule has 1 aromatic carbocycles. The van der Waals surface area contributed by atoms with E-state index < -0.39 is 0 Å². The minimum absolute atomic E-state index is 0.0751. The molecule has 25 heavy (non-hydrogen) atoms. The van der Waals surface area contributed by atoms with Gasteiger partial charge in [0.2, 0.25) is 5.82 Å². The predicted molar refractivity (Wildman–Crippen MR) is 91.6 cm³/mol. The van der Waals surface area contributed by atoms with Crippen LogP contribution in [0.3, 0.4) is 0 Å². The molecule has 1 aliphatic heterocycles. The quantitative estimate of drug-likeness (QED) is 0.849. The second-order valence-electron chi connectivity index (χ2n) is 7.49. The molecule has 136 valence electrons. The Bertz CT molecular complexity index is 692. The van der Waals surface area contributed by atoms with E-state index in [-0.39, 0.29) is 23.5 Å². The van der Waals surface area contributed by atoms with E-state index >= 15 is 0 Å². The number of tetrazole rings is 1. The Labute approximate surface area is 147 Å². The maximum atomic E-state index is 13.4. The monoisotopic (exact) mass is 348 g/mol. The number of aliphatic hydroxyl groups excluding tert-OH is 1. The van der Waals surface area contributed by atoms with Crippen molar-refractivity contribution >= 4 is 0 Å². The van der Waals surface area contributed by atoms with Crippen LogP contribution in [0.25, 0.3) is 0 Å². The summed E-state index contributed by atoms with van der Waals surface area (Å²) in [6, 6.07) is 6.53. The molecular weight excluding hydrogens is 321 g/mol. The fraction of sp³-hybridized carbons (Fsp3) is 0.611. The lowest BCUT2D eigenvalue weighted by molar-refractivity contribution is -0.932. The molecule has 1 atom stereocenters. The van der Waals surface area contributed by atoms with E-state index in [1.807, 2.05) is 16.8 Å². The van der Waals surface area contributed by atoms with Crippen LogP contribution in [-0.2, 0) is 5.54 Å². The number of hydrogen-bond acceptors (Lipinski definition) is 4. The third-order valence-corrected chi connectivity index (χ3v) is 5.40. The van der Waals surface area contributed by atoms with Crippen molar-refractivity contribution < 1.29 is 14.4 Å². The standard InChI is InChI=1S/C18H26FN5O/c1-4-18(2,3)24-17(20-21-22-24)16(13-5-7-14(19)8-6-13)23-11-9-15(25)10-12-23/h5-8,15-16,25H,4,9-12H2,1-3H3/p+1/t16-/m1/s1. The molecule has 2 N–H and O–H groups in total. The van der Waals surface area contributed by atoms with Gasteiger partial charge in [0.15, 0.2) is 6.04 Å². The number of aliphatic hydroxyl groups is 1. The van der Waals surface area contributed by atoms with Gasteiger partial charge in [-0.1, -0.05) is 6.92 Å². The number of benzene rings is 1. The normalized spacial score (nSPS) is 22.8. The van der Waals surface area contributed by atoms with Gasteiger partial charge in [-0.05, 0) is 55.0 Å². The molecule has 1 saturated heterocycles. The third kappa shape index (κ3) is 3.72. The Morgan fingerprint density at radius 3 is 2.52 bits per heavy atom. The molecule has 0 amide bonds. The molecule has 0 unspecified atom stereocenters. The highest BCUT2D eigenvalue weighted by Crippen LogP contribution is 2.25. The number of nitrogens with zero attached hydrogens (tertiary/aromatic N) is 4. The van der Waals surface area contributed by atoms with Crippen molar-refractivity contribution in [1.29, 1.82) is 0 Å². The number of rotatable bonds is 5. The van der Waals surface area contributed by atoms with Crippen LogP contribution in [0.5, 0.6) is 0 Å². The van der Waals surface area contributed by atoms with E-state index in [0.717, 1.165) is 43.7 Å². The molecule has 2 aromatic rings. The van der Waals surface area contributed by atoms with Crippen molar-refractivity contribution in [1.82, 2.24) is 20.2 Å². The van der Waals surface area contributed by atoms with Gasteiger partial charge in [0.1, 0.15) is 5.82 Å². The Morgan fingerprint density at radius 2 is 1.92 bits per heavy atom. The summed E-state index contributed by atoms with van der Waals surface area (Å²) in [6.45, 7) is 8.02. The average molecular weight is 348 g/mol. The molecule has 0 spiro atoms. The lowest BCUT2D eigenvalue weighted by Gasteiger charge is -2.34. The van der Waals surface area contributed by atoms with Gasteiger partial charge in [0, 0.05) is 18.4 Å². The highest BCUT2D eigenvalue weighted by molar-refractivity contribution is 5.23. The van der Waals surface area contributed by atoms with Crippen molar-refractivity contribution in [3.63, 3.8) is 0 Å². The highest BCUT2D eigenvalue weighted by atomic mass is 19.1. The Balaban J connectivity index is 2.03. The molecular formula is C18H27FN5O+. The number of likely N-dealkylation sites (tertiary alicyclic amines) is 1. The van der Waals surface area contributed by atoms with Crippen molar-refractivity contribution in [2.24, 2.45) is 0 Å². The third-order valence-electron chi connectivity index (χ3n) is 5.40. The maximum absolute atomic E-state index is 13.4. The van der Waals surface area contributed by atoms with Crippen molar-refractivity contribution in [3.8, 4) is 0 Å². The van der Waals surface area contributed by atoms with Gasteiger partial charge in [0.05, 0.1) is 24.7 Å². The van der Waals surface area contributed by atoms with Crippen LogP contribution in [0, 0.1) is 5.82 Å². The van der Waals surface area contributed by atoms with Crippen molar-refractivity contribution in [2.75, 3.05) is 13.1 Å². The largest absolute Gasteiger partial charge is 0.393 e. The van der Waals surface area contributed by atoms with E-state index in [9.17, 15) is 9.50 Å². The van der Waals surface area contributed by atoms with Crippen molar-refractivity contribution in [3.05, 3.63) is 41.5 Å². The SMILES string of the molecule is CCC(C)(C)n1nnnc1[C@@H](c1ccc(F)cc1)[NH+]1CCC(O)CC1. The van der Waals surface area contributed by atoms with Gasteiger partial charge in [-0.15, -0.1) is 5.10 Å². The number of quaternary nitrogens is 1. The lowest BCUT2D eigenvalue weighted by atomic mass is 9.97. The topological polar surface area (TPSA) is 68.3 Å². The van der Waals surface area contributed by atoms with Crippen LogP contribution in [0.2, 0.25) is 0 Å². The molecule has 0 radical (unpaired) electrons. The van der Waals surface area contributed by atoms with Crippen LogP contribution < -0.4 is 4.90 Å². The first-order valence-electron chi connectivity index (χ1n) is 8.99. The summed E-state index contributed by atoms with van der Waals surface area (Å²) in [5.41, 5.74) is 0.794. The molecule has 3 rings (SSSR count).